The highest BCUT2D eigenvalue weighted by molar-refractivity contribution is 5.91. The summed E-state index contributed by atoms with van der Waals surface area (Å²) in [5, 5.41) is 2.69. The van der Waals surface area contributed by atoms with Crippen molar-refractivity contribution in [2.45, 2.75) is 6.54 Å². The molecule has 2 aromatic heterocycles. The van der Waals surface area contributed by atoms with Crippen LogP contribution in [0.15, 0.2) is 31.1 Å². The van der Waals surface area contributed by atoms with Crippen LogP contribution in [0, 0.1) is 0 Å². The summed E-state index contributed by atoms with van der Waals surface area (Å²) < 4.78 is 0. The number of carbonyl (C=O) groups excluding carboxylic acids is 1. The predicted molar refractivity (Wildman–Crippen MR) is 51.8 cm³/mol. The number of rotatable bonds is 3. The van der Waals surface area contributed by atoms with Crippen molar-refractivity contribution in [2.75, 3.05) is 0 Å². The third kappa shape index (κ3) is 2.37. The summed E-state index contributed by atoms with van der Waals surface area (Å²) in [6.45, 7) is 0.398. The molecule has 0 atom stereocenters. The van der Waals surface area contributed by atoms with Gasteiger partial charge >= 0.3 is 0 Å². The Labute approximate surface area is 85.8 Å². The van der Waals surface area contributed by atoms with Crippen LogP contribution in [0.2, 0.25) is 0 Å². The lowest BCUT2D eigenvalue weighted by atomic mass is 10.4. The second-order valence-corrected chi connectivity index (χ2v) is 2.85. The van der Waals surface area contributed by atoms with E-state index < -0.39 is 0 Å². The number of imidazole rings is 1. The summed E-state index contributed by atoms with van der Waals surface area (Å²) in [5.74, 6) is -0.252. The molecule has 76 valence electrons. The number of aromatic amines is 1. The van der Waals surface area contributed by atoms with Gasteiger partial charge in [-0.25, -0.2) is 9.97 Å². The van der Waals surface area contributed by atoms with Gasteiger partial charge in [-0.05, 0) is 0 Å². The van der Waals surface area contributed by atoms with Crippen molar-refractivity contribution in [1.82, 2.24) is 25.3 Å². The summed E-state index contributed by atoms with van der Waals surface area (Å²) in [5.41, 5.74) is 1.14. The molecule has 0 unspecified atom stereocenters. The average molecular weight is 203 g/mol. The van der Waals surface area contributed by atoms with Crippen LogP contribution in [0.25, 0.3) is 0 Å². The van der Waals surface area contributed by atoms with Crippen LogP contribution < -0.4 is 5.32 Å². The number of hydrogen-bond acceptors (Lipinski definition) is 4. The zero-order valence-electron chi connectivity index (χ0n) is 7.84. The summed E-state index contributed by atoms with van der Waals surface area (Å²) in [6, 6.07) is 0. The minimum atomic E-state index is -0.252. The van der Waals surface area contributed by atoms with Crippen molar-refractivity contribution >= 4 is 5.91 Å². The van der Waals surface area contributed by atoms with Gasteiger partial charge in [-0.15, -0.1) is 0 Å². The third-order valence-electron chi connectivity index (χ3n) is 1.79. The summed E-state index contributed by atoms with van der Waals surface area (Å²) in [6.07, 6.45) is 7.62. The highest BCUT2D eigenvalue weighted by Gasteiger charge is 2.05. The Kier molecular flexibility index (Phi) is 2.68. The van der Waals surface area contributed by atoms with Crippen molar-refractivity contribution in [1.29, 1.82) is 0 Å². The Balaban J connectivity index is 1.94. The molecule has 6 heteroatoms. The van der Waals surface area contributed by atoms with Gasteiger partial charge in [-0.3, -0.25) is 9.78 Å². The zero-order valence-corrected chi connectivity index (χ0v) is 7.84. The molecule has 0 bridgehead atoms. The number of aromatic nitrogens is 4. The third-order valence-corrected chi connectivity index (χ3v) is 1.79. The lowest BCUT2D eigenvalue weighted by Crippen LogP contribution is -2.23. The molecule has 0 aliphatic heterocycles. The molecule has 0 radical (unpaired) electrons. The van der Waals surface area contributed by atoms with E-state index in [4.69, 9.17) is 0 Å². The predicted octanol–water partition coefficient (Wildman–Crippen LogP) is 0.130. The van der Waals surface area contributed by atoms with Crippen molar-refractivity contribution in [3.8, 4) is 0 Å². The molecule has 2 rings (SSSR count). The first-order chi connectivity index (χ1) is 7.36. The molecule has 0 aromatic carbocycles. The smallest absolute Gasteiger partial charge is 0.271 e. The lowest BCUT2D eigenvalue weighted by molar-refractivity contribution is 0.0945. The SMILES string of the molecule is O=C(NCc1cnc[nH]1)c1cnccn1. The number of nitrogens with one attached hydrogen (secondary N) is 2. The van der Waals surface area contributed by atoms with Gasteiger partial charge in [0.2, 0.25) is 0 Å². The first-order valence-electron chi connectivity index (χ1n) is 4.38. The van der Waals surface area contributed by atoms with Crippen LogP contribution in [0.3, 0.4) is 0 Å². The molecule has 2 aromatic rings. The molecule has 1 amide bonds. The first kappa shape index (κ1) is 9.32. The van der Waals surface area contributed by atoms with Crippen LogP contribution in [0.4, 0.5) is 0 Å². The minimum absolute atomic E-state index is 0.252. The van der Waals surface area contributed by atoms with E-state index in [2.05, 4.69) is 25.3 Å². The fraction of sp³-hybridized carbons (Fsp3) is 0.111. The van der Waals surface area contributed by atoms with E-state index in [-0.39, 0.29) is 5.91 Å². The molecule has 15 heavy (non-hydrogen) atoms. The molecule has 0 fully saturated rings. The Bertz CT molecular complexity index is 425. The monoisotopic (exact) mass is 203 g/mol. The molecular weight excluding hydrogens is 194 g/mol. The van der Waals surface area contributed by atoms with Gasteiger partial charge in [0.15, 0.2) is 0 Å². The molecule has 2 N–H and O–H groups in total. The molecule has 0 saturated carbocycles. The van der Waals surface area contributed by atoms with Gasteiger partial charge < -0.3 is 10.3 Å². The van der Waals surface area contributed by atoms with Crippen LogP contribution in [0.5, 0.6) is 0 Å². The summed E-state index contributed by atoms with van der Waals surface area (Å²) >= 11 is 0. The number of carbonyl (C=O) groups is 1. The Morgan fingerprint density at radius 2 is 2.27 bits per heavy atom. The minimum Gasteiger partial charge on any atom is -0.347 e. The zero-order chi connectivity index (χ0) is 10.5. The fourth-order valence-corrected chi connectivity index (χ4v) is 1.06. The molecule has 0 aliphatic carbocycles. The van der Waals surface area contributed by atoms with Gasteiger partial charge in [0.25, 0.3) is 5.91 Å². The second-order valence-electron chi connectivity index (χ2n) is 2.85. The number of nitrogens with zero attached hydrogens (tertiary/aromatic N) is 3. The summed E-state index contributed by atoms with van der Waals surface area (Å²) in [7, 11) is 0. The van der Waals surface area contributed by atoms with Crippen LogP contribution in [0.1, 0.15) is 16.2 Å². The van der Waals surface area contributed by atoms with Crippen LogP contribution in [-0.4, -0.2) is 25.8 Å². The van der Waals surface area contributed by atoms with E-state index in [1.807, 2.05) is 0 Å². The Morgan fingerprint density at radius 1 is 1.33 bits per heavy atom. The molecule has 0 aliphatic rings. The van der Waals surface area contributed by atoms with Gasteiger partial charge in [-0.1, -0.05) is 0 Å². The van der Waals surface area contributed by atoms with Gasteiger partial charge in [0, 0.05) is 18.6 Å². The quantitative estimate of drug-likeness (QED) is 0.742. The molecule has 6 nitrogen and oxygen atoms in total. The van der Waals surface area contributed by atoms with Crippen molar-refractivity contribution in [3.63, 3.8) is 0 Å². The average Bonchev–Trinajstić information content (AvgIpc) is 2.80. The van der Waals surface area contributed by atoms with Crippen LogP contribution >= 0.6 is 0 Å². The fourth-order valence-electron chi connectivity index (χ4n) is 1.06. The Morgan fingerprint density at radius 3 is 2.93 bits per heavy atom. The van der Waals surface area contributed by atoms with E-state index in [1.54, 1.807) is 12.5 Å². The van der Waals surface area contributed by atoms with Gasteiger partial charge in [0.1, 0.15) is 5.69 Å². The lowest BCUT2D eigenvalue weighted by Gasteiger charge is -2.01. The normalized spacial score (nSPS) is 9.87. The van der Waals surface area contributed by atoms with E-state index in [1.165, 1.54) is 18.6 Å². The van der Waals surface area contributed by atoms with E-state index >= 15 is 0 Å². The first-order valence-corrected chi connectivity index (χ1v) is 4.38. The van der Waals surface area contributed by atoms with E-state index in [0.29, 0.717) is 12.2 Å². The maximum absolute atomic E-state index is 11.5. The molecule has 2 heterocycles. The molecular formula is C9H9N5O. The molecule has 0 spiro atoms. The summed E-state index contributed by atoms with van der Waals surface area (Å²) in [4.78, 5) is 25.9. The Hall–Kier alpha value is -2.24. The maximum Gasteiger partial charge on any atom is 0.271 e. The van der Waals surface area contributed by atoms with E-state index in [0.717, 1.165) is 5.69 Å². The van der Waals surface area contributed by atoms with Gasteiger partial charge in [-0.2, -0.15) is 0 Å². The van der Waals surface area contributed by atoms with Gasteiger partial charge in [0.05, 0.1) is 24.8 Å². The van der Waals surface area contributed by atoms with E-state index in [9.17, 15) is 4.79 Å². The van der Waals surface area contributed by atoms with Crippen molar-refractivity contribution in [2.24, 2.45) is 0 Å². The topological polar surface area (TPSA) is 83.6 Å². The standard InChI is InChI=1S/C9H9N5O/c15-9(8-5-10-1-2-12-8)13-4-7-3-11-6-14-7/h1-3,5-6H,4H2,(H,11,14)(H,13,15). The maximum atomic E-state index is 11.5. The highest BCUT2D eigenvalue weighted by Crippen LogP contribution is 1.93. The number of H-pyrrole nitrogens is 1. The van der Waals surface area contributed by atoms with Crippen LogP contribution in [-0.2, 0) is 6.54 Å². The molecule has 0 saturated heterocycles. The largest absolute Gasteiger partial charge is 0.347 e. The second kappa shape index (κ2) is 4.32. The van der Waals surface area contributed by atoms with Crippen molar-refractivity contribution < 1.29 is 4.79 Å². The number of amides is 1. The number of hydrogen-bond donors (Lipinski definition) is 2. The highest BCUT2D eigenvalue weighted by atomic mass is 16.1. The van der Waals surface area contributed by atoms with Crippen molar-refractivity contribution in [3.05, 3.63) is 42.5 Å².